The second-order valence-electron chi connectivity index (χ2n) is 17.7. The fraction of sp³-hybridized carbons (Fsp3) is 0. The molecule has 2 aromatic heterocycles. The van der Waals surface area contributed by atoms with Crippen LogP contribution < -0.4 is 4.90 Å². The summed E-state index contributed by atoms with van der Waals surface area (Å²) in [6.07, 6.45) is 0. The second kappa shape index (κ2) is 16.9. The molecule has 0 N–H and O–H groups in total. The average molecular weight is 881 g/mol. The van der Waals surface area contributed by atoms with E-state index in [9.17, 15) is 0 Å². The van der Waals surface area contributed by atoms with Crippen molar-refractivity contribution in [2.45, 2.75) is 0 Å². The van der Waals surface area contributed by atoms with Crippen LogP contribution in [0.15, 0.2) is 271 Å². The number of aromatic nitrogens is 1. The number of nitrogens with zero attached hydrogens (tertiary/aromatic N) is 2. The van der Waals surface area contributed by atoms with Crippen LogP contribution in [-0.2, 0) is 0 Å². The highest BCUT2D eigenvalue weighted by Gasteiger charge is 2.17. The monoisotopic (exact) mass is 880 g/mol. The van der Waals surface area contributed by atoms with Crippen molar-refractivity contribution in [3.05, 3.63) is 267 Å². The smallest absolute Gasteiger partial charge is 0.136 e. The van der Waals surface area contributed by atoms with Crippen molar-refractivity contribution in [1.29, 1.82) is 0 Å². The van der Waals surface area contributed by atoms with E-state index in [0.29, 0.717) is 0 Å². The first-order valence-corrected chi connectivity index (χ1v) is 23.6. The average Bonchev–Trinajstić information content (AvgIpc) is 3.97. The summed E-state index contributed by atoms with van der Waals surface area (Å²) in [5.41, 5.74) is 20.1. The molecule has 0 atom stereocenters. The molecule has 0 saturated heterocycles. The molecule has 69 heavy (non-hydrogen) atoms. The van der Waals surface area contributed by atoms with Crippen molar-refractivity contribution in [3.8, 4) is 61.3 Å². The van der Waals surface area contributed by atoms with E-state index in [2.05, 4.69) is 264 Å². The van der Waals surface area contributed by atoms with E-state index >= 15 is 0 Å². The van der Waals surface area contributed by atoms with Crippen molar-refractivity contribution < 1.29 is 4.42 Å². The van der Waals surface area contributed by atoms with Crippen molar-refractivity contribution in [3.63, 3.8) is 0 Å². The Morgan fingerprint density at radius 1 is 0.246 bits per heavy atom. The normalized spacial score (nSPS) is 11.5. The minimum absolute atomic E-state index is 0.884. The number of hydrogen-bond acceptors (Lipinski definition) is 2. The Balaban J connectivity index is 0.930. The van der Waals surface area contributed by atoms with Crippen molar-refractivity contribution >= 4 is 60.8 Å². The minimum Gasteiger partial charge on any atom is -0.456 e. The molecule has 0 aliphatic carbocycles. The van der Waals surface area contributed by atoms with Gasteiger partial charge in [-0.2, -0.15) is 0 Å². The summed E-state index contributed by atoms with van der Waals surface area (Å²) >= 11 is 0. The fourth-order valence-corrected chi connectivity index (χ4v) is 10.2. The van der Waals surface area contributed by atoms with Gasteiger partial charge in [0.2, 0.25) is 0 Å². The van der Waals surface area contributed by atoms with E-state index in [-0.39, 0.29) is 0 Å². The number of rotatable bonds is 9. The first kappa shape index (κ1) is 40.1. The van der Waals surface area contributed by atoms with E-state index < -0.39 is 0 Å². The molecule has 11 aromatic carbocycles. The largest absolute Gasteiger partial charge is 0.456 e. The van der Waals surface area contributed by atoms with Crippen LogP contribution in [0.2, 0.25) is 0 Å². The summed E-state index contributed by atoms with van der Waals surface area (Å²) in [5.74, 6) is 0. The third kappa shape index (κ3) is 7.34. The van der Waals surface area contributed by atoms with Crippen molar-refractivity contribution in [2.24, 2.45) is 0 Å². The first-order chi connectivity index (χ1) is 34.2. The van der Waals surface area contributed by atoms with Crippen LogP contribution in [0.25, 0.3) is 105 Å². The van der Waals surface area contributed by atoms with Gasteiger partial charge in [-0.15, -0.1) is 0 Å². The Bertz CT molecular complexity index is 4000. The SMILES string of the molecule is c1ccc(-c2ccc(N(c3ccccc3)c3cccc(-c4cccc(-c5cc(-c6ccc7c(c6)oc6ccccc67)cc(-c6ccc7c(c6)c6ccccc6n7-c6ccccc6)c5)c4)c3)cc2)cc1. The van der Waals surface area contributed by atoms with Gasteiger partial charge < -0.3 is 13.9 Å². The van der Waals surface area contributed by atoms with Crippen LogP contribution in [0.5, 0.6) is 0 Å². The maximum absolute atomic E-state index is 6.44. The molecule has 3 nitrogen and oxygen atoms in total. The molecule has 0 unspecified atom stereocenters. The lowest BCUT2D eigenvalue weighted by Crippen LogP contribution is -2.09. The Labute approximate surface area is 401 Å². The van der Waals surface area contributed by atoms with Gasteiger partial charge in [0.05, 0.1) is 11.0 Å². The lowest BCUT2D eigenvalue weighted by atomic mass is 9.91. The minimum atomic E-state index is 0.884. The molecule has 0 fully saturated rings. The zero-order valence-corrected chi connectivity index (χ0v) is 37.7. The Morgan fingerprint density at radius 3 is 1.46 bits per heavy atom. The van der Waals surface area contributed by atoms with Crippen molar-refractivity contribution in [1.82, 2.24) is 4.57 Å². The predicted molar refractivity (Wildman–Crippen MR) is 290 cm³/mol. The molecule has 0 bridgehead atoms. The predicted octanol–water partition coefficient (Wildman–Crippen LogP) is 18.5. The Kier molecular flexibility index (Phi) is 9.84. The summed E-state index contributed by atoms with van der Waals surface area (Å²) in [6.45, 7) is 0. The highest BCUT2D eigenvalue weighted by atomic mass is 16.3. The van der Waals surface area contributed by atoms with Crippen LogP contribution in [0.3, 0.4) is 0 Å². The van der Waals surface area contributed by atoms with Gasteiger partial charge in [-0.25, -0.2) is 0 Å². The van der Waals surface area contributed by atoms with E-state index in [4.69, 9.17) is 4.42 Å². The number of benzene rings is 11. The highest BCUT2D eigenvalue weighted by Crippen LogP contribution is 2.42. The summed E-state index contributed by atoms with van der Waals surface area (Å²) in [7, 11) is 0. The Morgan fingerprint density at radius 2 is 0.710 bits per heavy atom. The van der Waals surface area contributed by atoms with Gasteiger partial charge in [0.25, 0.3) is 0 Å². The molecule has 13 aromatic rings. The number of hydrogen-bond donors (Lipinski definition) is 0. The maximum atomic E-state index is 6.44. The second-order valence-corrected chi connectivity index (χ2v) is 17.7. The lowest BCUT2D eigenvalue weighted by Gasteiger charge is -2.26. The molecule has 0 spiro atoms. The van der Waals surface area contributed by atoms with Crippen LogP contribution >= 0.6 is 0 Å². The molecule has 0 aliphatic heterocycles. The number of fused-ring (bicyclic) bond motifs is 6. The highest BCUT2D eigenvalue weighted by molar-refractivity contribution is 6.11. The third-order valence-corrected chi connectivity index (χ3v) is 13.5. The summed E-state index contributed by atoms with van der Waals surface area (Å²) in [6, 6.07) is 96.2. The van der Waals surface area contributed by atoms with E-state index in [1.165, 1.54) is 32.9 Å². The van der Waals surface area contributed by atoms with Gasteiger partial charge in [-0.05, 0) is 165 Å². The molecule has 324 valence electrons. The number of furan rings is 1. The van der Waals surface area contributed by atoms with Crippen LogP contribution in [-0.4, -0.2) is 4.57 Å². The third-order valence-electron chi connectivity index (χ3n) is 13.5. The van der Waals surface area contributed by atoms with Gasteiger partial charge in [-0.3, -0.25) is 0 Å². The molecule has 0 saturated carbocycles. The standard InChI is InChI=1S/C66H44N2O/c1-4-16-45(17-5-1)46-30-34-57(35-31-46)67(55-21-6-2-7-22-55)58-25-15-20-49(42-58)47-18-14-19-48(38-47)52-39-53(41-54(40-52)51-32-36-61-60-27-11-13-29-65(60)69-66(61)44-51)50-33-37-64-62(43-50)59-26-10-12-28-63(59)68(64)56-23-8-3-9-24-56/h1-44H. The molecular weight excluding hydrogens is 837 g/mol. The van der Waals surface area contributed by atoms with Gasteiger partial charge in [0, 0.05) is 44.3 Å². The van der Waals surface area contributed by atoms with Crippen LogP contribution in [0, 0.1) is 0 Å². The Hall–Kier alpha value is -9.18. The van der Waals surface area contributed by atoms with E-state index in [1.54, 1.807) is 0 Å². The molecular formula is C66H44N2O. The molecule has 0 aliphatic rings. The van der Waals surface area contributed by atoms with Crippen LogP contribution in [0.4, 0.5) is 17.1 Å². The van der Waals surface area contributed by atoms with Gasteiger partial charge in [0.1, 0.15) is 11.2 Å². The summed E-state index contributed by atoms with van der Waals surface area (Å²) in [4.78, 5) is 2.34. The lowest BCUT2D eigenvalue weighted by molar-refractivity contribution is 0.669. The molecule has 2 heterocycles. The van der Waals surface area contributed by atoms with E-state index in [0.717, 1.165) is 89.2 Å². The topological polar surface area (TPSA) is 21.3 Å². The number of anilines is 3. The number of para-hydroxylation sites is 4. The molecule has 0 radical (unpaired) electrons. The van der Waals surface area contributed by atoms with Crippen LogP contribution in [0.1, 0.15) is 0 Å². The van der Waals surface area contributed by atoms with Gasteiger partial charge >= 0.3 is 0 Å². The quantitative estimate of drug-likeness (QED) is 0.144. The van der Waals surface area contributed by atoms with Crippen molar-refractivity contribution in [2.75, 3.05) is 4.90 Å². The van der Waals surface area contributed by atoms with Gasteiger partial charge in [0.15, 0.2) is 0 Å². The molecule has 0 amide bonds. The zero-order valence-electron chi connectivity index (χ0n) is 37.7. The molecule has 13 rings (SSSR count). The van der Waals surface area contributed by atoms with E-state index in [1.807, 2.05) is 12.1 Å². The zero-order chi connectivity index (χ0) is 45.7. The first-order valence-electron chi connectivity index (χ1n) is 23.6. The van der Waals surface area contributed by atoms with Gasteiger partial charge in [-0.1, -0.05) is 158 Å². The molecule has 3 heteroatoms. The fourth-order valence-electron chi connectivity index (χ4n) is 10.2. The maximum Gasteiger partial charge on any atom is 0.136 e. The summed E-state index contributed by atoms with van der Waals surface area (Å²) in [5, 5.41) is 4.71. The summed E-state index contributed by atoms with van der Waals surface area (Å²) < 4.78 is 8.81.